The number of tetrazole rings is 1. The SMILES string of the molecule is CC(C)C[C@@]1(C(=O)O)C[C@H](c2nnnn2C)[C@H](c2nccs2)N1. The summed E-state index contributed by atoms with van der Waals surface area (Å²) in [4.78, 5) is 16.4. The number of rotatable bonds is 5. The quantitative estimate of drug-likeness (QED) is 0.849. The highest BCUT2D eigenvalue weighted by Gasteiger charge is 2.53. The zero-order chi connectivity index (χ0) is 16.6. The molecular weight excluding hydrogens is 316 g/mol. The van der Waals surface area contributed by atoms with E-state index >= 15 is 0 Å². The molecule has 0 unspecified atom stereocenters. The molecule has 3 rings (SSSR count). The molecule has 2 aromatic rings. The molecule has 0 bridgehead atoms. The van der Waals surface area contributed by atoms with Gasteiger partial charge in [0.25, 0.3) is 0 Å². The molecule has 3 heterocycles. The summed E-state index contributed by atoms with van der Waals surface area (Å²) >= 11 is 1.51. The van der Waals surface area contributed by atoms with Gasteiger partial charge >= 0.3 is 5.97 Å². The summed E-state index contributed by atoms with van der Waals surface area (Å²) < 4.78 is 1.61. The Kier molecular flexibility index (Phi) is 4.15. The first kappa shape index (κ1) is 16.0. The third kappa shape index (κ3) is 2.86. The normalized spacial score (nSPS) is 27.7. The Morgan fingerprint density at radius 1 is 1.61 bits per heavy atom. The lowest BCUT2D eigenvalue weighted by molar-refractivity contribution is -0.145. The van der Waals surface area contributed by atoms with E-state index in [1.807, 2.05) is 19.2 Å². The van der Waals surface area contributed by atoms with Gasteiger partial charge in [-0.15, -0.1) is 16.4 Å². The fourth-order valence-corrected chi connectivity index (χ4v) is 4.19. The van der Waals surface area contributed by atoms with Gasteiger partial charge in [-0.05, 0) is 29.2 Å². The van der Waals surface area contributed by atoms with Crippen molar-refractivity contribution in [3.05, 3.63) is 22.4 Å². The standard InChI is InChI=1S/C14H20N6O2S/c1-8(2)6-14(13(21)22)7-9(11-17-18-19-20(11)3)10(16-14)12-15-4-5-23-12/h4-5,8-10,16H,6-7H2,1-3H3,(H,21,22)/t9-,10+,14-/m0/s1. The Labute approximate surface area is 137 Å². The van der Waals surface area contributed by atoms with Crippen LogP contribution < -0.4 is 5.32 Å². The largest absolute Gasteiger partial charge is 0.480 e. The number of nitrogens with one attached hydrogen (secondary N) is 1. The van der Waals surface area contributed by atoms with Gasteiger partial charge < -0.3 is 5.11 Å². The molecule has 1 fully saturated rings. The van der Waals surface area contributed by atoms with E-state index in [-0.39, 0.29) is 17.9 Å². The Morgan fingerprint density at radius 3 is 2.91 bits per heavy atom. The fourth-order valence-electron chi connectivity index (χ4n) is 3.44. The number of thiazole rings is 1. The van der Waals surface area contributed by atoms with Gasteiger partial charge in [-0.3, -0.25) is 10.1 Å². The maximum absolute atomic E-state index is 12.0. The van der Waals surface area contributed by atoms with Crippen molar-refractivity contribution >= 4 is 17.3 Å². The highest BCUT2D eigenvalue weighted by molar-refractivity contribution is 7.09. The predicted molar refractivity (Wildman–Crippen MR) is 84.0 cm³/mol. The minimum atomic E-state index is -0.985. The first-order valence-corrected chi connectivity index (χ1v) is 8.43. The second-order valence-electron chi connectivity index (χ2n) is 6.45. The van der Waals surface area contributed by atoms with Gasteiger partial charge in [0, 0.05) is 24.5 Å². The molecular formula is C14H20N6O2S. The van der Waals surface area contributed by atoms with E-state index in [9.17, 15) is 9.90 Å². The molecule has 9 heteroatoms. The Hall–Kier alpha value is -1.87. The van der Waals surface area contributed by atoms with Gasteiger partial charge in [0.2, 0.25) is 0 Å². The van der Waals surface area contributed by atoms with Gasteiger partial charge in [0.15, 0.2) is 5.82 Å². The molecule has 1 aliphatic heterocycles. The number of carboxylic acid groups (broad SMARTS) is 1. The number of nitrogens with zero attached hydrogens (tertiary/aromatic N) is 5. The lowest BCUT2D eigenvalue weighted by Gasteiger charge is -2.27. The van der Waals surface area contributed by atoms with Crippen LogP contribution in [0.2, 0.25) is 0 Å². The van der Waals surface area contributed by atoms with Crippen LogP contribution in [-0.4, -0.2) is 41.8 Å². The maximum Gasteiger partial charge on any atom is 0.323 e. The summed E-state index contributed by atoms with van der Waals surface area (Å²) in [6, 6.07) is -0.199. The maximum atomic E-state index is 12.0. The summed E-state index contributed by atoms with van der Waals surface area (Å²) in [6.45, 7) is 4.06. The van der Waals surface area contributed by atoms with E-state index in [0.29, 0.717) is 18.7 Å². The number of aryl methyl sites for hydroxylation is 1. The average Bonchev–Trinajstić information content (AvgIpc) is 3.16. The van der Waals surface area contributed by atoms with Gasteiger partial charge in [-0.25, -0.2) is 9.67 Å². The minimum Gasteiger partial charge on any atom is -0.480 e. The van der Waals surface area contributed by atoms with E-state index in [1.54, 1.807) is 17.9 Å². The van der Waals surface area contributed by atoms with Crippen LogP contribution in [0.15, 0.2) is 11.6 Å². The molecule has 0 saturated carbocycles. The lowest BCUT2D eigenvalue weighted by atomic mass is 9.84. The third-order valence-electron chi connectivity index (χ3n) is 4.27. The molecule has 23 heavy (non-hydrogen) atoms. The Balaban J connectivity index is 2.02. The molecule has 2 aromatic heterocycles. The zero-order valence-electron chi connectivity index (χ0n) is 13.3. The van der Waals surface area contributed by atoms with Crippen molar-refractivity contribution < 1.29 is 9.90 Å². The zero-order valence-corrected chi connectivity index (χ0v) is 14.1. The van der Waals surface area contributed by atoms with Gasteiger partial charge in [-0.1, -0.05) is 13.8 Å². The van der Waals surface area contributed by atoms with E-state index < -0.39 is 11.5 Å². The van der Waals surface area contributed by atoms with Gasteiger partial charge in [0.05, 0.1) is 6.04 Å². The number of aromatic nitrogens is 5. The van der Waals surface area contributed by atoms with Crippen LogP contribution in [-0.2, 0) is 11.8 Å². The van der Waals surface area contributed by atoms with Crippen LogP contribution in [0.25, 0.3) is 0 Å². The van der Waals surface area contributed by atoms with Crippen LogP contribution in [0.5, 0.6) is 0 Å². The fraction of sp³-hybridized carbons (Fsp3) is 0.643. The molecule has 0 aromatic carbocycles. The van der Waals surface area contributed by atoms with Crippen LogP contribution >= 0.6 is 11.3 Å². The van der Waals surface area contributed by atoms with Crippen molar-refractivity contribution in [1.29, 1.82) is 0 Å². The molecule has 2 N–H and O–H groups in total. The lowest BCUT2D eigenvalue weighted by Crippen LogP contribution is -2.49. The van der Waals surface area contributed by atoms with Crippen molar-refractivity contribution in [2.75, 3.05) is 0 Å². The molecule has 0 amide bonds. The van der Waals surface area contributed by atoms with Crippen LogP contribution in [0, 0.1) is 5.92 Å². The highest BCUT2D eigenvalue weighted by Crippen LogP contribution is 2.46. The molecule has 124 valence electrons. The van der Waals surface area contributed by atoms with Crippen molar-refractivity contribution in [2.24, 2.45) is 13.0 Å². The average molecular weight is 336 g/mol. The first-order chi connectivity index (χ1) is 10.9. The Bertz CT molecular complexity index is 685. The summed E-state index contributed by atoms with van der Waals surface area (Å²) in [6.07, 6.45) is 2.72. The predicted octanol–water partition coefficient (Wildman–Crippen LogP) is 1.35. The summed E-state index contributed by atoms with van der Waals surface area (Å²) in [5, 5.41) is 27.7. The van der Waals surface area contributed by atoms with E-state index in [1.165, 1.54) is 11.3 Å². The highest BCUT2D eigenvalue weighted by atomic mass is 32.1. The van der Waals surface area contributed by atoms with Crippen molar-refractivity contribution in [1.82, 2.24) is 30.5 Å². The monoisotopic (exact) mass is 336 g/mol. The summed E-state index contributed by atoms with van der Waals surface area (Å²) in [5.41, 5.74) is -0.985. The summed E-state index contributed by atoms with van der Waals surface area (Å²) in [5.74, 6) is -0.0159. The molecule has 0 aliphatic carbocycles. The molecule has 8 nitrogen and oxygen atoms in total. The molecule has 0 spiro atoms. The van der Waals surface area contributed by atoms with E-state index in [2.05, 4.69) is 25.8 Å². The van der Waals surface area contributed by atoms with Crippen molar-refractivity contribution in [3.8, 4) is 0 Å². The summed E-state index contributed by atoms with van der Waals surface area (Å²) in [7, 11) is 1.78. The van der Waals surface area contributed by atoms with Gasteiger partial charge in [0.1, 0.15) is 10.5 Å². The number of carbonyl (C=O) groups is 1. The van der Waals surface area contributed by atoms with E-state index in [4.69, 9.17) is 0 Å². The molecule has 1 aliphatic rings. The third-order valence-corrected chi connectivity index (χ3v) is 5.13. The first-order valence-electron chi connectivity index (χ1n) is 7.55. The van der Waals surface area contributed by atoms with Gasteiger partial charge in [-0.2, -0.15) is 0 Å². The molecule has 3 atom stereocenters. The number of hydrogen-bond donors (Lipinski definition) is 2. The Morgan fingerprint density at radius 2 is 2.39 bits per heavy atom. The number of hydrogen-bond acceptors (Lipinski definition) is 7. The second-order valence-corrected chi connectivity index (χ2v) is 7.38. The van der Waals surface area contributed by atoms with Crippen LogP contribution in [0.4, 0.5) is 0 Å². The number of carboxylic acids is 1. The van der Waals surface area contributed by atoms with E-state index in [0.717, 1.165) is 5.01 Å². The number of aliphatic carboxylic acids is 1. The van der Waals surface area contributed by atoms with Crippen LogP contribution in [0.3, 0.4) is 0 Å². The van der Waals surface area contributed by atoms with Crippen molar-refractivity contribution in [2.45, 2.75) is 44.2 Å². The topological polar surface area (TPSA) is 106 Å². The molecule has 1 saturated heterocycles. The van der Waals surface area contributed by atoms with Crippen molar-refractivity contribution in [3.63, 3.8) is 0 Å². The minimum absolute atomic E-state index is 0.129. The van der Waals surface area contributed by atoms with Crippen LogP contribution in [0.1, 0.15) is 49.5 Å². The molecule has 0 radical (unpaired) electrons. The smallest absolute Gasteiger partial charge is 0.323 e. The second kappa shape index (κ2) is 5.97.